The van der Waals surface area contributed by atoms with Crippen LogP contribution in [0.5, 0.6) is 0 Å². The van der Waals surface area contributed by atoms with Crippen LogP contribution in [0, 0.1) is 0 Å². The highest BCUT2D eigenvalue weighted by Gasteiger charge is 2.18. The van der Waals surface area contributed by atoms with E-state index in [2.05, 4.69) is 15.9 Å². The molecule has 0 amide bonds. The van der Waals surface area contributed by atoms with Crippen LogP contribution in [0.4, 0.5) is 0 Å². The highest BCUT2D eigenvalue weighted by atomic mass is 79.9. The molecule has 2 rings (SSSR count). The summed E-state index contributed by atoms with van der Waals surface area (Å²) in [6.45, 7) is 0. The SMILES string of the molecule is O=C(O)c1cc(S(=O)(=O)CCc2ccccc2)ccc1Br. The molecule has 0 saturated carbocycles. The molecule has 0 heterocycles. The zero-order valence-electron chi connectivity index (χ0n) is 11.0. The maximum absolute atomic E-state index is 12.3. The van der Waals surface area contributed by atoms with E-state index in [-0.39, 0.29) is 16.2 Å². The second kappa shape index (κ2) is 6.41. The van der Waals surface area contributed by atoms with E-state index in [1.807, 2.05) is 30.3 Å². The number of sulfone groups is 1. The summed E-state index contributed by atoms with van der Waals surface area (Å²) in [5, 5.41) is 9.04. The van der Waals surface area contributed by atoms with Gasteiger partial charge in [0.15, 0.2) is 9.84 Å². The first-order valence-electron chi connectivity index (χ1n) is 6.20. The number of rotatable bonds is 5. The fourth-order valence-corrected chi connectivity index (χ4v) is 3.61. The first kappa shape index (κ1) is 15.7. The van der Waals surface area contributed by atoms with Gasteiger partial charge in [0.05, 0.1) is 16.2 Å². The van der Waals surface area contributed by atoms with E-state index in [0.29, 0.717) is 10.9 Å². The largest absolute Gasteiger partial charge is 0.478 e. The van der Waals surface area contributed by atoms with Crippen LogP contribution < -0.4 is 0 Å². The fraction of sp³-hybridized carbons (Fsp3) is 0.133. The molecule has 0 unspecified atom stereocenters. The number of carbonyl (C=O) groups is 1. The summed E-state index contributed by atoms with van der Waals surface area (Å²) in [6, 6.07) is 13.3. The summed E-state index contributed by atoms with van der Waals surface area (Å²) < 4.78 is 24.9. The molecule has 0 atom stereocenters. The van der Waals surface area contributed by atoms with Gasteiger partial charge < -0.3 is 5.11 Å². The van der Waals surface area contributed by atoms with Crippen molar-refractivity contribution in [3.05, 3.63) is 64.1 Å². The lowest BCUT2D eigenvalue weighted by atomic mass is 10.2. The second-order valence-corrected chi connectivity index (χ2v) is 7.46. The summed E-state index contributed by atoms with van der Waals surface area (Å²) in [6.07, 6.45) is 0.391. The maximum Gasteiger partial charge on any atom is 0.336 e. The van der Waals surface area contributed by atoms with Crippen molar-refractivity contribution in [1.29, 1.82) is 0 Å². The van der Waals surface area contributed by atoms with Gasteiger partial charge in [0.1, 0.15) is 0 Å². The molecule has 0 aromatic heterocycles. The van der Waals surface area contributed by atoms with E-state index in [9.17, 15) is 13.2 Å². The lowest BCUT2D eigenvalue weighted by Crippen LogP contribution is -2.10. The number of hydrogen-bond acceptors (Lipinski definition) is 3. The Morgan fingerprint density at radius 2 is 1.76 bits per heavy atom. The first-order valence-corrected chi connectivity index (χ1v) is 8.64. The topological polar surface area (TPSA) is 71.4 Å². The van der Waals surface area contributed by atoms with Gasteiger partial charge in [-0.05, 0) is 46.1 Å². The van der Waals surface area contributed by atoms with E-state index in [0.717, 1.165) is 5.56 Å². The molecule has 1 N–H and O–H groups in total. The average Bonchev–Trinajstić information content (AvgIpc) is 2.46. The molecule has 6 heteroatoms. The van der Waals surface area contributed by atoms with Crippen LogP contribution in [0.15, 0.2) is 57.9 Å². The van der Waals surface area contributed by atoms with Gasteiger partial charge in [0, 0.05) is 4.47 Å². The minimum atomic E-state index is -3.52. The molecule has 0 aliphatic heterocycles. The lowest BCUT2D eigenvalue weighted by Gasteiger charge is -2.07. The predicted octanol–water partition coefficient (Wildman–Crippen LogP) is 3.16. The van der Waals surface area contributed by atoms with E-state index >= 15 is 0 Å². The molecule has 0 radical (unpaired) electrons. The van der Waals surface area contributed by atoms with Gasteiger partial charge >= 0.3 is 5.97 Å². The minimum absolute atomic E-state index is 0.0269. The Morgan fingerprint density at radius 1 is 1.10 bits per heavy atom. The van der Waals surface area contributed by atoms with Crippen LogP contribution in [0.1, 0.15) is 15.9 Å². The second-order valence-electron chi connectivity index (χ2n) is 4.50. The summed E-state index contributed by atoms with van der Waals surface area (Å²) >= 11 is 3.10. The molecular weight excluding hydrogens is 356 g/mol. The Morgan fingerprint density at radius 3 is 2.38 bits per heavy atom. The zero-order chi connectivity index (χ0) is 15.5. The molecule has 110 valence electrons. The molecule has 21 heavy (non-hydrogen) atoms. The normalized spacial score (nSPS) is 11.3. The smallest absolute Gasteiger partial charge is 0.336 e. The Hall–Kier alpha value is -1.66. The Kier molecular flexibility index (Phi) is 4.80. The van der Waals surface area contributed by atoms with Crippen molar-refractivity contribution in [2.45, 2.75) is 11.3 Å². The van der Waals surface area contributed by atoms with Crippen LogP contribution in [-0.4, -0.2) is 25.2 Å². The van der Waals surface area contributed by atoms with Gasteiger partial charge in [-0.1, -0.05) is 30.3 Å². The van der Waals surface area contributed by atoms with Gasteiger partial charge in [-0.15, -0.1) is 0 Å². The van der Waals surface area contributed by atoms with E-state index in [4.69, 9.17) is 5.11 Å². The zero-order valence-corrected chi connectivity index (χ0v) is 13.4. The van der Waals surface area contributed by atoms with Crippen molar-refractivity contribution in [3.63, 3.8) is 0 Å². The van der Waals surface area contributed by atoms with Gasteiger partial charge in [0.25, 0.3) is 0 Å². The summed E-state index contributed by atoms with van der Waals surface area (Å²) in [7, 11) is -3.52. The molecule has 0 fully saturated rings. The number of benzene rings is 2. The molecule has 0 aliphatic carbocycles. The first-order chi connectivity index (χ1) is 9.90. The highest BCUT2D eigenvalue weighted by molar-refractivity contribution is 9.10. The molecule has 0 bridgehead atoms. The fourth-order valence-electron chi connectivity index (χ4n) is 1.88. The number of carboxylic acid groups (broad SMARTS) is 1. The number of hydrogen-bond donors (Lipinski definition) is 1. The van der Waals surface area contributed by atoms with E-state index < -0.39 is 15.8 Å². The van der Waals surface area contributed by atoms with Crippen LogP contribution in [0.2, 0.25) is 0 Å². The number of halogens is 1. The van der Waals surface area contributed by atoms with E-state index in [1.165, 1.54) is 18.2 Å². The predicted molar refractivity (Wildman–Crippen MR) is 83.3 cm³/mol. The van der Waals surface area contributed by atoms with Crippen molar-refractivity contribution in [2.24, 2.45) is 0 Å². The quantitative estimate of drug-likeness (QED) is 0.879. The van der Waals surface area contributed by atoms with Gasteiger partial charge in [0.2, 0.25) is 0 Å². The number of carboxylic acids is 1. The Labute approximate surface area is 131 Å². The van der Waals surface area contributed by atoms with Crippen LogP contribution in [-0.2, 0) is 16.3 Å². The molecule has 2 aromatic carbocycles. The molecule has 0 saturated heterocycles. The number of aromatic carboxylic acids is 1. The average molecular weight is 369 g/mol. The standard InChI is InChI=1S/C15H13BrO4S/c16-14-7-6-12(10-13(14)15(17)18)21(19,20)9-8-11-4-2-1-3-5-11/h1-7,10H,8-9H2,(H,17,18). The monoisotopic (exact) mass is 368 g/mol. The summed E-state index contributed by atoms with van der Waals surface area (Å²) in [5.41, 5.74) is 0.868. The van der Waals surface area contributed by atoms with E-state index in [1.54, 1.807) is 0 Å². The van der Waals surface area contributed by atoms with Crippen LogP contribution >= 0.6 is 15.9 Å². The van der Waals surface area contributed by atoms with Crippen molar-refractivity contribution in [3.8, 4) is 0 Å². The number of aryl methyl sites for hydroxylation is 1. The molecule has 0 spiro atoms. The Bertz CT molecular complexity index is 754. The van der Waals surface area contributed by atoms with Crippen molar-refractivity contribution < 1.29 is 18.3 Å². The minimum Gasteiger partial charge on any atom is -0.478 e. The highest BCUT2D eigenvalue weighted by Crippen LogP contribution is 2.22. The van der Waals surface area contributed by atoms with Crippen molar-refractivity contribution in [2.75, 3.05) is 5.75 Å². The van der Waals surface area contributed by atoms with Crippen LogP contribution in [0.25, 0.3) is 0 Å². The lowest BCUT2D eigenvalue weighted by molar-refractivity contribution is 0.0695. The molecule has 2 aromatic rings. The Balaban J connectivity index is 2.24. The van der Waals surface area contributed by atoms with Gasteiger partial charge in [-0.3, -0.25) is 0 Å². The molecular formula is C15H13BrO4S. The summed E-state index contributed by atoms with van der Waals surface area (Å²) in [4.78, 5) is 11.1. The van der Waals surface area contributed by atoms with Crippen molar-refractivity contribution >= 4 is 31.7 Å². The third kappa shape index (κ3) is 3.92. The third-order valence-corrected chi connectivity index (χ3v) is 5.43. The van der Waals surface area contributed by atoms with Crippen LogP contribution in [0.3, 0.4) is 0 Å². The third-order valence-electron chi connectivity index (χ3n) is 3.03. The molecule has 0 aliphatic rings. The van der Waals surface area contributed by atoms with Gasteiger partial charge in [-0.25, -0.2) is 13.2 Å². The van der Waals surface area contributed by atoms with Crippen molar-refractivity contribution in [1.82, 2.24) is 0 Å². The van der Waals surface area contributed by atoms with Gasteiger partial charge in [-0.2, -0.15) is 0 Å². The summed E-state index contributed by atoms with van der Waals surface area (Å²) in [5.74, 6) is -1.22. The maximum atomic E-state index is 12.3. The molecule has 4 nitrogen and oxygen atoms in total.